The first-order valence-corrected chi connectivity index (χ1v) is 3.54. The van der Waals surface area contributed by atoms with E-state index < -0.39 is 0 Å². The van der Waals surface area contributed by atoms with Crippen LogP contribution in [0.5, 0.6) is 0 Å². The summed E-state index contributed by atoms with van der Waals surface area (Å²) in [6.07, 6.45) is 0. The van der Waals surface area contributed by atoms with Crippen LogP contribution >= 0.6 is 0 Å². The molecule has 1 nitrogen and oxygen atoms in total. The fourth-order valence-corrected chi connectivity index (χ4v) is 1.20. The zero-order valence-electron chi connectivity index (χ0n) is 6.10. The number of nitrogens with zero attached hydrogens (tertiary/aromatic N) is 1. The van der Waals surface area contributed by atoms with Gasteiger partial charge in [0.2, 0.25) is 0 Å². The van der Waals surface area contributed by atoms with Gasteiger partial charge in [-0.3, -0.25) is 4.90 Å². The highest BCUT2D eigenvalue weighted by molar-refractivity contribution is 4.80. The molecule has 0 radical (unpaired) electrons. The van der Waals surface area contributed by atoms with E-state index >= 15 is 0 Å². The van der Waals surface area contributed by atoms with Crippen molar-refractivity contribution in [2.75, 3.05) is 19.8 Å². The molecule has 1 aliphatic rings. The van der Waals surface area contributed by atoms with Gasteiger partial charge in [-0.1, -0.05) is 6.92 Å². The molecule has 1 aliphatic heterocycles. The Kier molecular flexibility index (Phi) is 2.06. The van der Waals surface area contributed by atoms with Crippen molar-refractivity contribution >= 4 is 0 Å². The molecule has 0 N–H and O–H groups in total. The highest BCUT2D eigenvalue weighted by Gasteiger charge is 2.26. The van der Waals surface area contributed by atoms with Crippen LogP contribution in [0, 0.1) is 5.92 Å². The summed E-state index contributed by atoms with van der Waals surface area (Å²) in [6.45, 7) is 6.11. The van der Waals surface area contributed by atoms with Crippen LogP contribution in [0.4, 0.5) is 4.39 Å². The molecule has 0 spiro atoms. The molecule has 9 heavy (non-hydrogen) atoms. The van der Waals surface area contributed by atoms with E-state index in [1.807, 2.05) is 6.92 Å². The van der Waals surface area contributed by atoms with E-state index in [-0.39, 0.29) is 12.7 Å². The van der Waals surface area contributed by atoms with Gasteiger partial charge in [0.25, 0.3) is 0 Å². The lowest BCUT2D eigenvalue weighted by Crippen LogP contribution is -2.50. The second-order valence-corrected chi connectivity index (χ2v) is 3.06. The van der Waals surface area contributed by atoms with Gasteiger partial charge in [0.15, 0.2) is 0 Å². The van der Waals surface area contributed by atoms with Crippen molar-refractivity contribution in [3.05, 3.63) is 0 Å². The molecule has 0 aliphatic carbocycles. The van der Waals surface area contributed by atoms with Crippen LogP contribution in [0.3, 0.4) is 0 Å². The van der Waals surface area contributed by atoms with E-state index in [2.05, 4.69) is 11.8 Å². The van der Waals surface area contributed by atoms with Gasteiger partial charge in [-0.15, -0.1) is 0 Å². The predicted octanol–water partition coefficient (Wildman–Crippen LogP) is 1.30. The summed E-state index contributed by atoms with van der Waals surface area (Å²) < 4.78 is 11.9. The third-order valence-corrected chi connectivity index (χ3v) is 1.94. The molecular formula is C7H14FN. The first-order valence-electron chi connectivity index (χ1n) is 3.54. The Hall–Kier alpha value is -0.110. The summed E-state index contributed by atoms with van der Waals surface area (Å²) in [6, 6.07) is 0.154. The van der Waals surface area contributed by atoms with Crippen molar-refractivity contribution in [2.24, 2.45) is 5.92 Å². The van der Waals surface area contributed by atoms with E-state index in [0.29, 0.717) is 0 Å². The molecule has 2 heteroatoms. The second-order valence-electron chi connectivity index (χ2n) is 3.06. The SMILES string of the molecule is CC1CN(C(C)CF)C1. The minimum atomic E-state index is -0.202. The van der Waals surface area contributed by atoms with Crippen molar-refractivity contribution in [1.29, 1.82) is 0 Å². The Morgan fingerprint density at radius 3 is 2.56 bits per heavy atom. The molecule has 0 amide bonds. The van der Waals surface area contributed by atoms with Gasteiger partial charge >= 0.3 is 0 Å². The molecule has 0 saturated carbocycles. The molecule has 54 valence electrons. The van der Waals surface area contributed by atoms with E-state index in [1.165, 1.54) is 0 Å². The second kappa shape index (κ2) is 2.65. The quantitative estimate of drug-likeness (QED) is 0.546. The fourth-order valence-electron chi connectivity index (χ4n) is 1.20. The van der Waals surface area contributed by atoms with Gasteiger partial charge < -0.3 is 0 Å². The Morgan fingerprint density at radius 2 is 2.22 bits per heavy atom. The fraction of sp³-hybridized carbons (Fsp3) is 1.00. The predicted molar refractivity (Wildman–Crippen MR) is 36.2 cm³/mol. The lowest BCUT2D eigenvalue weighted by molar-refractivity contribution is 0.0583. The highest BCUT2D eigenvalue weighted by Crippen LogP contribution is 2.17. The molecule has 1 rings (SSSR count). The van der Waals surface area contributed by atoms with Crippen molar-refractivity contribution in [3.8, 4) is 0 Å². The van der Waals surface area contributed by atoms with Gasteiger partial charge in [-0.2, -0.15) is 0 Å². The normalized spacial score (nSPS) is 25.7. The maximum atomic E-state index is 11.9. The summed E-state index contributed by atoms with van der Waals surface area (Å²) in [5.41, 5.74) is 0. The van der Waals surface area contributed by atoms with Gasteiger partial charge in [-0.25, -0.2) is 4.39 Å². The zero-order chi connectivity index (χ0) is 6.85. The Labute approximate surface area is 55.8 Å². The van der Waals surface area contributed by atoms with Gasteiger partial charge in [-0.05, 0) is 12.8 Å². The van der Waals surface area contributed by atoms with Crippen molar-refractivity contribution in [3.63, 3.8) is 0 Å². The summed E-state index contributed by atoms with van der Waals surface area (Å²) in [5, 5.41) is 0. The minimum Gasteiger partial charge on any atom is -0.297 e. The number of likely N-dealkylation sites (tertiary alicyclic amines) is 1. The van der Waals surface area contributed by atoms with Crippen LogP contribution in [0.15, 0.2) is 0 Å². The van der Waals surface area contributed by atoms with E-state index in [4.69, 9.17) is 0 Å². The van der Waals surface area contributed by atoms with Crippen LogP contribution in [0.1, 0.15) is 13.8 Å². The number of alkyl halides is 1. The largest absolute Gasteiger partial charge is 0.297 e. The molecule has 1 saturated heterocycles. The maximum absolute atomic E-state index is 11.9. The molecule has 0 aromatic carbocycles. The number of rotatable bonds is 2. The molecular weight excluding hydrogens is 117 g/mol. The standard InChI is InChI=1S/C7H14FN/c1-6-4-9(5-6)7(2)3-8/h6-7H,3-5H2,1-2H3. The molecule has 0 bridgehead atoms. The van der Waals surface area contributed by atoms with Gasteiger partial charge in [0.05, 0.1) is 0 Å². The third-order valence-electron chi connectivity index (χ3n) is 1.94. The number of hydrogen-bond donors (Lipinski definition) is 0. The average Bonchev–Trinajstić information content (AvgIpc) is 1.79. The first kappa shape index (κ1) is 7.00. The van der Waals surface area contributed by atoms with Gasteiger partial charge in [0.1, 0.15) is 6.67 Å². The lowest BCUT2D eigenvalue weighted by atomic mass is 10.0. The van der Waals surface area contributed by atoms with E-state index in [1.54, 1.807) is 0 Å². The van der Waals surface area contributed by atoms with Crippen LogP contribution in [0.25, 0.3) is 0 Å². The molecule has 1 fully saturated rings. The summed E-state index contributed by atoms with van der Waals surface area (Å²) in [5.74, 6) is 0.791. The maximum Gasteiger partial charge on any atom is 0.105 e. The lowest BCUT2D eigenvalue weighted by Gasteiger charge is -2.40. The van der Waals surface area contributed by atoms with Crippen LogP contribution in [-0.4, -0.2) is 30.7 Å². The van der Waals surface area contributed by atoms with Gasteiger partial charge in [0, 0.05) is 19.1 Å². The monoisotopic (exact) mass is 131 g/mol. The van der Waals surface area contributed by atoms with Crippen molar-refractivity contribution in [2.45, 2.75) is 19.9 Å². The average molecular weight is 131 g/mol. The Balaban J connectivity index is 2.15. The molecule has 1 unspecified atom stereocenters. The third kappa shape index (κ3) is 1.42. The smallest absolute Gasteiger partial charge is 0.105 e. The Morgan fingerprint density at radius 1 is 1.67 bits per heavy atom. The van der Waals surface area contributed by atoms with Crippen molar-refractivity contribution in [1.82, 2.24) is 4.90 Å². The minimum absolute atomic E-state index is 0.154. The topological polar surface area (TPSA) is 3.24 Å². The van der Waals surface area contributed by atoms with Crippen LogP contribution < -0.4 is 0 Å². The molecule has 1 atom stereocenters. The molecule has 0 aromatic heterocycles. The zero-order valence-corrected chi connectivity index (χ0v) is 6.10. The van der Waals surface area contributed by atoms with Crippen LogP contribution in [0.2, 0.25) is 0 Å². The van der Waals surface area contributed by atoms with Crippen LogP contribution in [-0.2, 0) is 0 Å². The Bertz CT molecular complexity index is 88.9. The van der Waals surface area contributed by atoms with E-state index in [0.717, 1.165) is 19.0 Å². The summed E-state index contributed by atoms with van der Waals surface area (Å²) in [7, 11) is 0. The van der Waals surface area contributed by atoms with Crippen molar-refractivity contribution < 1.29 is 4.39 Å². The molecule has 0 aromatic rings. The van der Waals surface area contributed by atoms with E-state index in [9.17, 15) is 4.39 Å². The first-order chi connectivity index (χ1) is 4.24. The molecule has 1 heterocycles. The number of halogens is 1. The summed E-state index contributed by atoms with van der Waals surface area (Å²) >= 11 is 0. The highest BCUT2D eigenvalue weighted by atomic mass is 19.1. The summed E-state index contributed by atoms with van der Waals surface area (Å²) in [4.78, 5) is 2.17. The number of hydrogen-bond acceptors (Lipinski definition) is 1.